The molecule has 4 heteroatoms. The average molecular weight is 310 g/mol. The number of aromatic nitrogens is 4. The van der Waals surface area contributed by atoms with Crippen LogP contribution in [0.15, 0.2) is 60.9 Å². The standard InChI is InChI=1S/C20H14N4/c1-2-8-16-15(7-1)21-17-13-5-3-9-23-11-12-24-10-4-6-14(18(17)22-16)20(24)19(13)23/h1-10H,11-12H2/q+2. The Morgan fingerprint density at radius 2 is 1.12 bits per heavy atom. The molecule has 0 aliphatic carbocycles. The highest BCUT2D eigenvalue weighted by atomic mass is 15.1. The van der Waals surface area contributed by atoms with Crippen LogP contribution in [0.2, 0.25) is 0 Å². The smallest absolute Gasteiger partial charge is 0.244 e. The summed E-state index contributed by atoms with van der Waals surface area (Å²) in [5.41, 5.74) is 6.40. The third-order valence-corrected chi connectivity index (χ3v) is 5.03. The molecule has 0 saturated carbocycles. The number of aryl methyl sites for hydroxylation is 2. The predicted octanol–water partition coefficient (Wildman–Crippen LogP) is 2.68. The Labute approximate surface area is 137 Å². The Bertz CT molecular complexity index is 1210. The molecule has 0 unspecified atom stereocenters. The molecule has 0 spiro atoms. The lowest BCUT2D eigenvalue weighted by molar-refractivity contribution is -0.771. The molecule has 24 heavy (non-hydrogen) atoms. The highest BCUT2D eigenvalue weighted by Gasteiger charge is 2.30. The zero-order valence-electron chi connectivity index (χ0n) is 13.0. The quantitative estimate of drug-likeness (QED) is 0.250. The second-order valence-corrected chi connectivity index (χ2v) is 6.34. The molecule has 112 valence electrons. The van der Waals surface area contributed by atoms with E-state index < -0.39 is 0 Å². The van der Waals surface area contributed by atoms with Crippen LogP contribution in [0.3, 0.4) is 0 Å². The van der Waals surface area contributed by atoms with Gasteiger partial charge in [-0.2, -0.15) is 9.13 Å². The zero-order valence-corrected chi connectivity index (χ0v) is 13.0. The summed E-state index contributed by atoms with van der Waals surface area (Å²) in [6, 6.07) is 16.7. The summed E-state index contributed by atoms with van der Waals surface area (Å²) in [4.78, 5) is 9.93. The molecular weight excluding hydrogens is 296 g/mol. The number of hydrogen-bond donors (Lipinski definition) is 0. The van der Waals surface area contributed by atoms with Crippen LogP contribution in [0, 0.1) is 0 Å². The second kappa shape index (κ2) is 4.23. The summed E-state index contributed by atoms with van der Waals surface area (Å²) in [6.07, 6.45) is 4.33. The minimum absolute atomic E-state index is 0.946. The van der Waals surface area contributed by atoms with Crippen molar-refractivity contribution in [3.05, 3.63) is 60.9 Å². The SMILES string of the molecule is c1ccc2nc3c4ccc[n+]5c4c4c(ccc[n+]4CC5)c3nc2c1. The molecule has 0 radical (unpaired) electrons. The van der Waals surface area contributed by atoms with E-state index in [1.807, 2.05) is 24.3 Å². The van der Waals surface area contributed by atoms with Gasteiger partial charge >= 0.3 is 0 Å². The van der Waals surface area contributed by atoms with Gasteiger partial charge in [-0.05, 0) is 24.3 Å². The van der Waals surface area contributed by atoms with Crippen molar-refractivity contribution in [2.75, 3.05) is 0 Å². The Kier molecular flexibility index (Phi) is 2.17. The number of para-hydroxylation sites is 2. The normalized spacial score (nSPS) is 13.5. The van der Waals surface area contributed by atoms with Crippen LogP contribution in [-0.4, -0.2) is 9.97 Å². The van der Waals surface area contributed by atoms with Gasteiger partial charge in [0.25, 0.3) is 11.0 Å². The summed E-state index contributed by atoms with van der Waals surface area (Å²) >= 11 is 0. The molecule has 1 aliphatic rings. The molecule has 0 fully saturated rings. The number of pyridine rings is 2. The fraction of sp³-hybridized carbons (Fsp3) is 0.100. The summed E-state index contributed by atoms with van der Waals surface area (Å²) < 4.78 is 4.68. The van der Waals surface area contributed by atoms with E-state index in [0.717, 1.165) is 35.2 Å². The summed E-state index contributed by atoms with van der Waals surface area (Å²) in [6.45, 7) is 1.97. The number of fused-ring (bicyclic) bond motifs is 4. The van der Waals surface area contributed by atoms with Gasteiger partial charge in [0.1, 0.15) is 11.0 Å². The van der Waals surface area contributed by atoms with Crippen LogP contribution in [0.25, 0.3) is 43.9 Å². The number of rotatable bonds is 0. The maximum Gasteiger partial charge on any atom is 0.287 e. The first-order valence-corrected chi connectivity index (χ1v) is 8.23. The van der Waals surface area contributed by atoms with Crippen molar-refractivity contribution in [1.29, 1.82) is 0 Å². The average Bonchev–Trinajstić information content (AvgIpc) is 2.65. The van der Waals surface area contributed by atoms with Crippen molar-refractivity contribution in [2.45, 2.75) is 13.1 Å². The van der Waals surface area contributed by atoms with Gasteiger partial charge in [-0.3, -0.25) is 0 Å². The highest BCUT2D eigenvalue weighted by molar-refractivity contribution is 6.19. The Morgan fingerprint density at radius 3 is 1.62 bits per heavy atom. The van der Waals surface area contributed by atoms with Crippen molar-refractivity contribution in [1.82, 2.24) is 9.97 Å². The van der Waals surface area contributed by atoms with Crippen molar-refractivity contribution in [3.8, 4) is 0 Å². The third kappa shape index (κ3) is 1.43. The molecule has 0 bridgehead atoms. The molecule has 0 atom stereocenters. The fourth-order valence-electron chi connectivity index (χ4n) is 3.98. The van der Waals surface area contributed by atoms with Crippen molar-refractivity contribution in [3.63, 3.8) is 0 Å². The van der Waals surface area contributed by atoms with Crippen LogP contribution < -0.4 is 9.13 Å². The lowest BCUT2D eigenvalue weighted by Gasteiger charge is -2.11. The Morgan fingerprint density at radius 1 is 0.625 bits per heavy atom. The lowest BCUT2D eigenvalue weighted by atomic mass is 10.0. The van der Waals surface area contributed by atoms with Crippen LogP contribution in [0.5, 0.6) is 0 Å². The molecule has 3 aromatic heterocycles. The van der Waals surface area contributed by atoms with Gasteiger partial charge in [-0.15, -0.1) is 0 Å². The Hall–Kier alpha value is -3.14. The molecule has 0 N–H and O–H groups in total. The van der Waals surface area contributed by atoms with Crippen molar-refractivity contribution < 1.29 is 9.13 Å². The fourth-order valence-corrected chi connectivity index (χ4v) is 3.98. The van der Waals surface area contributed by atoms with Crippen molar-refractivity contribution >= 4 is 43.9 Å². The van der Waals surface area contributed by atoms with E-state index in [2.05, 4.69) is 45.8 Å². The largest absolute Gasteiger partial charge is 0.287 e. The Balaban J connectivity index is 2.02. The molecule has 4 heterocycles. The van der Waals surface area contributed by atoms with E-state index in [1.54, 1.807) is 0 Å². The van der Waals surface area contributed by atoms with E-state index in [-0.39, 0.29) is 0 Å². The van der Waals surface area contributed by atoms with E-state index in [1.165, 1.54) is 21.8 Å². The number of benzene rings is 2. The van der Waals surface area contributed by atoms with Gasteiger partial charge in [0.2, 0.25) is 13.1 Å². The highest BCUT2D eigenvalue weighted by Crippen LogP contribution is 2.31. The molecule has 1 aliphatic heterocycles. The van der Waals surface area contributed by atoms with Gasteiger partial charge in [0.15, 0.2) is 12.4 Å². The topological polar surface area (TPSA) is 33.5 Å². The molecule has 4 nitrogen and oxygen atoms in total. The first kappa shape index (κ1) is 12.3. The first-order chi connectivity index (χ1) is 11.9. The van der Waals surface area contributed by atoms with E-state index in [0.29, 0.717) is 0 Å². The zero-order chi connectivity index (χ0) is 15.7. The maximum absolute atomic E-state index is 4.97. The lowest BCUT2D eigenvalue weighted by Crippen LogP contribution is -2.50. The van der Waals surface area contributed by atoms with Gasteiger partial charge in [0.05, 0.1) is 21.8 Å². The van der Waals surface area contributed by atoms with Crippen LogP contribution in [0.4, 0.5) is 0 Å². The summed E-state index contributed by atoms with van der Waals surface area (Å²) in [7, 11) is 0. The molecule has 5 aromatic rings. The van der Waals surface area contributed by atoms with Crippen molar-refractivity contribution in [2.24, 2.45) is 0 Å². The minimum Gasteiger partial charge on any atom is -0.244 e. The molecule has 0 saturated heterocycles. The molecular formula is C20H14N4+2. The van der Waals surface area contributed by atoms with Crippen LogP contribution >= 0.6 is 0 Å². The summed E-state index contributed by atoms with van der Waals surface area (Å²) in [5, 5.41) is 2.36. The van der Waals surface area contributed by atoms with Gasteiger partial charge in [-0.1, -0.05) is 12.1 Å². The van der Waals surface area contributed by atoms with Gasteiger partial charge in [0, 0.05) is 12.1 Å². The van der Waals surface area contributed by atoms with E-state index in [9.17, 15) is 0 Å². The second-order valence-electron chi connectivity index (χ2n) is 6.34. The predicted molar refractivity (Wildman–Crippen MR) is 92.4 cm³/mol. The molecule has 0 amide bonds. The van der Waals surface area contributed by atoms with E-state index >= 15 is 0 Å². The molecule has 6 rings (SSSR count). The maximum atomic E-state index is 4.97. The number of nitrogens with zero attached hydrogens (tertiary/aromatic N) is 4. The number of hydrogen-bond acceptors (Lipinski definition) is 2. The van der Waals surface area contributed by atoms with Gasteiger partial charge < -0.3 is 0 Å². The monoisotopic (exact) mass is 310 g/mol. The minimum atomic E-state index is 0.946. The first-order valence-electron chi connectivity index (χ1n) is 8.23. The molecule has 2 aromatic carbocycles. The van der Waals surface area contributed by atoms with Crippen LogP contribution in [-0.2, 0) is 13.1 Å². The van der Waals surface area contributed by atoms with Gasteiger partial charge in [-0.25, -0.2) is 9.97 Å². The third-order valence-electron chi connectivity index (χ3n) is 5.03. The van der Waals surface area contributed by atoms with E-state index in [4.69, 9.17) is 9.97 Å². The van der Waals surface area contributed by atoms with Crippen LogP contribution in [0.1, 0.15) is 0 Å². The summed E-state index contributed by atoms with van der Waals surface area (Å²) in [5.74, 6) is 0.